The van der Waals surface area contributed by atoms with Crippen LogP contribution < -0.4 is 20.7 Å². The number of anilines is 4. The Kier molecular flexibility index (Phi) is 7.93. The molecule has 0 radical (unpaired) electrons. The van der Waals surface area contributed by atoms with Crippen molar-refractivity contribution in [1.82, 2.24) is 20.2 Å². The second-order valence-corrected chi connectivity index (χ2v) is 9.51. The normalized spacial score (nSPS) is 21.2. The predicted molar refractivity (Wildman–Crippen MR) is 142 cm³/mol. The van der Waals surface area contributed by atoms with Gasteiger partial charge in [-0.1, -0.05) is 12.1 Å². The van der Waals surface area contributed by atoms with Gasteiger partial charge in [-0.15, -0.1) is 0 Å². The van der Waals surface area contributed by atoms with Crippen molar-refractivity contribution in [1.29, 1.82) is 0 Å². The minimum atomic E-state index is 0.121. The Hall–Kier alpha value is -3.65. The molecule has 0 atom stereocenters. The summed E-state index contributed by atoms with van der Waals surface area (Å²) >= 11 is 0. The minimum Gasteiger partial charge on any atom is -0.494 e. The number of hydrogen-bond donors (Lipinski definition) is 3. The van der Waals surface area contributed by atoms with Crippen LogP contribution in [-0.2, 0) is 11.3 Å². The number of rotatable bonds is 0. The maximum Gasteiger partial charge on any atom is 0.223 e. The van der Waals surface area contributed by atoms with E-state index in [0.717, 1.165) is 81.2 Å². The van der Waals surface area contributed by atoms with Gasteiger partial charge in [-0.3, -0.25) is 9.69 Å². The summed E-state index contributed by atoms with van der Waals surface area (Å²) in [5.41, 5.74) is 3.15. The van der Waals surface area contributed by atoms with Crippen molar-refractivity contribution in [3.05, 3.63) is 66.5 Å². The van der Waals surface area contributed by atoms with Crippen molar-refractivity contribution in [2.45, 2.75) is 38.6 Å². The molecule has 0 spiro atoms. The molecular formula is C28H34N6O2. The molecule has 2 aromatic carbocycles. The maximum absolute atomic E-state index is 12.6. The Morgan fingerprint density at radius 1 is 0.861 bits per heavy atom. The molecule has 1 fully saturated rings. The minimum absolute atomic E-state index is 0.121. The molecule has 8 heteroatoms. The summed E-state index contributed by atoms with van der Waals surface area (Å²) in [5, 5.41) is 9.88. The lowest BCUT2D eigenvalue weighted by Gasteiger charge is -2.31. The number of piperidine rings is 1. The van der Waals surface area contributed by atoms with E-state index in [2.05, 4.69) is 49.0 Å². The molecule has 188 valence electrons. The number of nitrogens with one attached hydrogen (secondary N) is 3. The number of aromatic nitrogens is 2. The first-order chi connectivity index (χ1) is 17.7. The first kappa shape index (κ1) is 24.1. The zero-order valence-corrected chi connectivity index (χ0v) is 20.6. The van der Waals surface area contributed by atoms with E-state index in [4.69, 9.17) is 4.74 Å². The Bertz CT molecular complexity index is 1140. The van der Waals surface area contributed by atoms with E-state index in [0.29, 0.717) is 12.4 Å². The SMILES string of the molecule is O=C1NCCCCCOc2ccc(cc2)Nc2cc(ncn2)Nc2cccc(c2)CN2CCC1CC2. The third-order valence-corrected chi connectivity index (χ3v) is 6.75. The van der Waals surface area contributed by atoms with E-state index < -0.39 is 0 Å². The van der Waals surface area contributed by atoms with Gasteiger partial charge in [0.15, 0.2) is 0 Å². The highest BCUT2D eigenvalue weighted by atomic mass is 16.5. The zero-order valence-electron chi connectivity index (χ0n) is 20.6. The third kappa shape index (κ3) is 6.73. The standard InChI is InChI=1S/C28H34N6O2/c35-28-22-11-14-34(15-12-22)19-21-5-4-6-24(17-21)33-27-18-26(30-20-31-27)32-23-7-9-25(10-8-23)36-16-3-1-2-13-29-28/h4-10,17-18,20,22H,1-3,11-16,19H2,(H,29,35)(H2,30,31,32,33). The largest absolute Gasteiger partial charge is 0.494 e. The monoisotopic (exact) mass is 486 g/mol. The molecule has 6 heterocycles. The van der Waals surface area contributed by atoms with E-state index in [1.165, 1.54) is 5.56 Å². The Balaban J connectivity index is 1.30. The Morgan fingerprint density at radius 2 is 1.64 bits per heavy atom. The quantitative estimate of drug-likeness (QED) is 0.418. The molecule has 0 unspecified atom stereocenters. The predicted octanol–water partition coefficient (Wildman–Crippen LogP) is 4.85. The molecule has 0 aliphatic carbocycles. The maximum atomic E-state index is 12.6. The van der Waals surface area contributed by atoms with Gasteiger partial charge in [0.25, 0.3) is 0 Å². The number of benzene rings is 2. The molecule has 1 saturated heterocycles. The highest BCUT2D eigenvalue weighted by Crippen LogP contribution is 2.24. The van der Waals surface area contributed by atoms with E-state index in [9.17, 15) is 4.79 Å². The van der Waals surface area contributed by atoms with Crippen molar-refractivity contribution < 1.29 is 9.53 Å². The van der Waals surface area contributed by atoms with Crippen LogP contribution in [0.1, 0.15) is 37.7 Å². The second-order valence-electron chi connectivity index (χ2n) is 9.51. The van der Waals surface area contributed by atoms with Gasteiger partial charge in [0, 0.05) is 36.4 Å². The third-order valence-electron chi connectivity index (χ3n) is 6.75. The number of carbonyl (C=O) groups excluding carboxylic acids is 1. The highest BCUT2D eigenvalue weighted by molar-refractivity contribution is 5.78. The van der Waals surface area contributed by atoms with Gasteiger partial charge in [0.1, 0.15) is 23.7 Å². The van der Waals surface area contributed by atoms with Gasteiger partial charge in [-0.05, 0) is 87.2 Å². The topological polar surface area (TPSA) is 91.4 Å². The second kappa shape index (κ2) is 11.9. The van der Waals surface area contributed by atoms with Crippen LogP contribution in [0.25, 0.3) is 0 Å². The van der Waals surface area contributed by atoms with Crippen LogP contribution >= 0.6 is 0 Å². The summed E-state index contributed by atoms with van der Waals surface area (Å²) < 4.78 is 5.88. The summed E-state index contributed by atoms with van der Waals surface area (Å²) in [6.07, 6.45) is 6.34. The average molecular weight is 487 g/mol. The van der Waals surface area contributed by atoms with Crippen molar-refractivity contribution >= 4 is 28.9 Å². The molecular weight excluding hydrogens is 452 g/mol. The lowest BCUT2D eigenvalue weighted by Crippen LogP contribution is -2.40. The van der Waals surface area contributed by atoms with Crippen LogP contribution in [0, 0.1) is 5.92 Å². The van der Waals surface area contributed by atoms with E-state index in [1.54, 1.807) is 6.33 Å². The average Bonchev–Trinajstić information content (AvgIpc) is 2.89. The van der Waals surface area contributed by atoms with Crippen LogP contribution in [0.3, 0.4) is 0 Å². The molecule has 8 nitrogen and oxygen atoms in total. The van der Waals surface area contributed by atoms with E-state index >= 15 is 0 Å². The van der Waals surface area contributed by atoms with Crippen LogP contribution in [0.4, 0.5) is 23.0 Å². The number of amides is 1. The molecule has 5 aliphatic rings. The van der Waals surface area contributed by atoms with Gasteiger partial charge in [0.05, 0.1) is 6.61 Å². The molecule has 36 heavy (non-hydrogen) atoms. The van der Waals surface area contributed by atoms with E-state index in [1.807, 2.05) is 36.4 Å². The van der Waals surface area contributed by atoms with Crippen molar-refractivity contribution in [3.8, 4) is 5.75 Å². The Labute approximate surface area is 212 Å². The van der Waals surface area contributed by atoms with Crippen molar-refractivity contribution in [3.63, 3.8) is 0 Å². The smallest absolute Gasteiger partial charge is 0.223 e. The van der Waals surface area contributed by atoms with Gasteiger partial charge < -0.3 is 20.7 Å². The molecule has 1 amide bonds. The molecule has 0 saturated carbocycles. The highest BCUT2D eigenvalue weighted by Gasteiger charge is 2.24. The first-order valence-electron chi connectivity index (χ1n) is 12.9. The van der Waals surface area contributed by atoms with Crippen LogP contribution in [0.5, 0.6) is 5.75 Å². The van der Waals surface area contributed by atoms with Gasteiger partial charge >= 0.3 is 0 Å². The fourth-order valence-corrected chi connectivity index (χ4v) is 4.73. The van der Waals surface area contributed by atoms with Crippen molar-refractivity contribution in [2.75, 3.05) is 36.9 Å². The summed E-state index contributed by atoms with van der Waals surface area (Å²) in [4.78, 5) is 23.8. The molecule has 1 aromatic heterocycles. The van der Waals surface area contributed by atoms with Crippen LogP contribution in [-0.4, -0.2) is 47.0 Å². The number of carbonyl (C=O) groups is 1. The first-order valence-corrected chi connectivity index (χ1v) is 12.9. The van der Waals surface area contributed by atoms with Gasteiger partial charge in [0.2, 0.25) is 5.91 Å². The summed E-state index contributed by atoms with van der Waals surface area (Å²) in [5.74, 6) is 2.61. The lowest BCUT2D eigenvalue weighted by molar-refractivity contribution is -0.126. The molecule has 3 aromatic rings. The van der Waals surface area contributed by atoms with E-state index in [-0.39, 0.29) is 11.8 Å². The molecule has 8 bridgehead atoms. The lowest BCUT2D eigenvalue weighted by atomic mass is 9.95. The van der Waals surface area contributed by atoms with Gasteiger partial charge in [-0.25, -0.2) is 9.97 Å². The number of hydrogen-bond acceptors (Lipinski definition) is 7. The van der Waals surface area contributed by atoms with Crippen LogP contribution in [0.2, 0.25) is 0 Å². The van der Waals surface area contributed by atoms with Crippen molar-refractivity contribution in [2.24, 2.45) is 5.92 Å². The molecule has 8 rings (SSSR count). The summed E-state index contributed by atoms with van der Waals surface area (Å²) in [7, 11) is 0. The van der Waals surface area contributed by atoms with Gasteiger partial charge in [-0.2, -0.15) is 0 Å². The fourth-order valence-electron chi connectivity index (χ4n) is 4.73. The van der Waals surface area contributed by atoms with Crippen LogP contribution in [0.15, 0.2) is 60.9 Å². The summed E-state index contributed by atoms with van der Waals surface area (Å²) in [6, 6.07) is 18.2. The molecule has 3 N–H and O–H groups in total. The zero-order chi connectivity index (χ0) is 24.6. The number of ether oxygens (including phenoxy) is 1. The fraction of sp³-hybridized carbons (Fsp3) is 0.393. The number of nitrogens with zero attached hydrogens (tertiary/aromatic N) is 3. The Morgan fingerprint density at radius 3 is 2.44 bits per heavy atom. The molecule has 5 aliphatic heterocycles. The summed E-state index contributed by atoms with van der Waals surface area (Å²) in [6.45, 7) is 4.16.